The molecule has 0 aromatic carbocycles. The van der Waals surface area contributed by atoms with Gasteiger partial charge >= 0.3 is 6.18 Å². The summed E-state index contributed by atoms with van der Waals surface area (Å²) in [4.78, 5) is 0. The first-order valence-corrected chi connectivity index (χ1v) is 5.14. The summed E-state index contributed by atoms with van der Waals surface area (Å²) in [7, 11) is 1.32. The molecule has 0 aliphatic heterocycles. The van der Waals surface area contributed by atoms with E-state index in [-0.39, 0.29) is 12.3 Å². The second kappa shape index (κ2) is 9.21. The van der Waals surface area contributed by atoms with Gasteiger partial charge in [-0.1, -0.05) is 27.7 Å². The van der Waals surface area contributed by atoms with E-state index in [0.717, 1.165) is 6.20 Å². The largest absolute Gasteiger partial charge is 0.419 e. The summed E-state index contributed by atoms with van der Waals surface area (Å²) < 4.78 is 40.8. The molecule has 6 heteroatoms. The molecule has 0 atom stereocenters. The number of nitrogens with zero attached hydrogens (tertiary/aromatic N) is 1. The van der Waals surface area contributed by atoms with E-state index in [1.165, 1.54) is 7.11 Å². The molecule has 96 valence electrons. The van der Waals surface area contributed by atoms with E-state index in [1.807, 2.05) is 27.7 Å². The molecule has 1 aromatic heterocycles. The summed E-state index contributed by atoms with van der Waals surface area (Å²) >= 11 is 0. The van der Waals surface area contributed by atoms with Crippen LogP contribution in [0.15, 0.2) is 6.20 Å². The molecule has 1 N–H and O–H groups in total. The van der Waals surface area contributed by atoms with Gasteiger partial charge in [0, 0.05) is 7.11 Å². The highest BCUT2D eigenvalue weighted by atomic mass is 19.4. The van der Waals surface area contributed by atoms with Gasteiger partial charge in [-0.15, -0.1) is 0 Å². The monoisotopic (exact) mass is 240 g/mol. The first kappa shape index (κ1) is 17.4. The summed E-state index contributed by atoms with van der Waals surface area (Å²) in [6.45, 7) is 7.88. The molecule has 0 fully saturated rings. The summed E-state index contributed by atoms with van der Waals surface area (Å²) in [6, 6.07) is 0. The topological polar surface area (TPSA) is 37.9 Å². The van der Waals surface area contributed by atoms with Crippen molar-refractivity contribution in [1.82, 2.24) is 10.2 Å². The van der Waals surface area contributed by atoms with Crippen molar-refractivity contribution >= 4 is 0 Å². The van der Waals surface area contributed by atoms with Crippen molar-refractivity contribution in [3.05, 3.63) is 17.5 Å². The summed E-state index contributed by atoms with van der Waals surface area (Å²) in [5, 5.41) is 5.50. The normalized spacial score (nSPS) is 9.75. The van der Waals surface area contributed by atoms with E-state index in [9.17, 15) is 13.2 Å². The summed E-state index contributed by atoms with van der Waals surface area (Å²) in [5.74, 6) is 0. The van der Waals surface area contributed by atoms with E-state index >= 15 is 0 Å². The van der Waals surface area contributed by atoms with Crippen molar-refractivity contribution in [2.45, 2.75) is 40.5 Å². The number of hydrogen-bond acceptors (Lipinski definition) is 2. The van der Waals surface area contributed by atoms with Crippen molar-refractivity contribution < 1.29 is 17.9 Å². The molecule has 1 heterocycles. The Labute approximate surface area is 94.0 Å². The van der Waals surface area contributed by atoms with E-state index in [0.29, 0.717) is 0 Å². The highest BCUT2D eigenvalue weighted by Gasteiger charge is 2.34. The van der Waals surface area contributed by atoms with E-state index in [4.69, 9.17) is 0 Å². The fourth-order valence-corrected chi connectivity index (χ4v) is 0.812. The van der Waals surface area contributed by atoms with Gasteiger partial charge in [-0.05, 0) is 0 Å². The van der Waals surface area contributed by atoms with E-state index < -0.39 is 11.7 Å². The van der Waals surface area contributed by atoms with Crippen LogP contribution >= 0.6 is 0 Å². The van der Waals surface area contributed by atoms with Crippen molar-refractivity contribution in [1.29, 1.82) is 0 Å². The van der Waals surface area contributed by atoms with Crippen LogP contribution in [0.1, 0.15) is 39.0 Å². The van der Waals surface area contributed by atoms with Gasteiger partial charge in [-0.3, -0.25) is 5.10 Å². The number of aromatic amines is 1. The standard InChI is InChI=1S/C6H7F3N2O.2C2H6/c1-12-3-5-4(2-10-11-5)6(7,8)9;2*1-2/h2H,3H2,1H3,(H,10,11);2*1-2H3. The summed E-state index contributed by atoms with van der Waals surface area (Å²) in [5.41, 5.74) is -0.825. The minimum atomic E-state index is -4.36. The van der Waals surface area contributed by atoms with Crippen LogP contribution in [0.5, 0.6) is 0 Å². The van der Waals surface area contributed by atoms with Crippen LogP contribution in [0.4, 0.5) is 13.2 Å². The van der Waals surface area contributed by atoms with Crippen LogP contribution in [0, 0.1) is 0 Å². The molecule has 0 saturated carbocycles. The third kappa shape index (κ3) is 5.75. The second-order valence-corrected chi connectivity index (χ2v) is 2.19. The molecule has 0 spiro atoms. The lowest BCUT2D eigenvalue weighted by Gasteiger charge is -2.05. The summed E-state index contributed by atoms with van der Waals surface area (Å²) in [6.07, 6.45) is -3.62. The zero-order valence-electron chi connectivity index (χ0n) is 10.3. The minimum absolute atomic E-state index is 0.0509. The SMILES string of the molecule is CC.CC.COCc1[nH]ncc1C(F)(F)F. The zero-order valence-corrected chi connectivity index (χ0v) is 10.3. The van der Waals surface area contributed by atoms with Crippen LogP contribution in [0.2, 0.25) is 0 Å². The molecule has 0 aliphatic carbocycles. The Morgan fingerprint density at radius 2 is 1.75 bits per heavy atom. The van der Waals surface area contributed by atoms with Crippen LogP contribution in [0.3, 0.4) is 0 Å². The van der Waals surface area contributed by atoms with Crippen LogP contribution in [-0.2, 0) is 17.5 Å². The highest BCUT2D eigenvalue weighted by Crippen LogP contribution is 2.30. The molecule has 0 radical (unpaired) electrons. The lowest BCUT2D eigenvalue weighted by atomic mass is 10.2. The molecular formula is C10H19F3N2O. The highest BCUT2D eigenvalue weighted by molar-refractivity contribution is 5.18. The first-order chi connectivity index (χ1) is 7.55. The molecule has 1 rings (SSSR count). The van der Waals surface area contributed by atoms with Gasteiger partial charge in [0.15, 0.2) is 0 Å². The predicted molar refractivity (Wildman–Crippen MR) is 57.0 cm³/mol. The van der Waals surface area contributed by atoms with Crippen molar-refractivity contribution in [2.75, 3.05) is 7.11 Å². The molecule has 3 nitrogen and oxygen atoms in total. The number of hydrogen-bond donors (Lipinski definition) is 1. The molecule has 0 aliphatic rings. The van der Waals surface area contributed by atoms with Crippen LogP contribution in [0.25, 0.3) is 0 Å². The average molecular weight is 240 g/mol. The number of nitrogens with one attached hydrogen (secondary N) is 1. The molecule has 0 unspecified atom stereocenters. The van der Waals surface area contributed by atoms with Crippen molar-refractivity contribution in [3.8, 4) is 0 Å². The van der Waals surface area contributed by atoms with Crippen LogP contribution < -0.4 is 0 Å². The Balaban J connectivity index is 0. The Bertz CT molecular complexity index is 259. The fourth-order valence-electron chi connectivity index (χ4n) is 0.812. The van der Waals surface area contributed by atoms with E-state index in [1.54, 1.807) is 0 Å². The maximum atomic E-state index is 12.1. The first-order valence-electron chi connectivity index (χ1n) is 5.14. The number of aromatic nitrogens is 2. The molecule has 0 saturated heterocycles. The predicted octanol–water partition coefficient (Wildman–Crippen LogP) is 3.63. The van der Waals surface area contributed by atoms with Gasteiger partial charge in [0.05, 0.1) is 24.1 Å². The van der Waals surface area contributed by atoms with Crippen molar-refractivity contribution in [3.63, 3.8) is 0 Å². The van der Waals surface area contributed by atoms with Gasteiger partial charge in [0.2, 0.25) is 0 Å². The van der Waals surface area contributed by atoms with Gasteiger partial charge < -0.3 is 4.74 Å². The number of ether oxygens (including phenoxy) is 1. The van der Waals surface area contributed by atoms with Gasteiger partial charge in [0.1, 0.15) is 0 Å². The maximum absolute atomic E-state index is 12.1. The van der Waals surface area contributed by atoms with Crippen LogP contribution in [-0.4, -0.2) is 17.3 Å². The third-order valence-electron chi connectivity index (χ3n) is 1.31. The minimum Gasteiger partial charge on any atom is -0.378 e. The molecule has 0 bridgehead atoms. The molecule has 1 aromatic rings. The Kier molecular flexibility index (Phi) is 9.99. The smallest absolute Gasteiger partial charge is 0.378 e. The second-order valence-electron chi connectivity index (χ2n) is 2.19. The lowest BCUT2D eigenvalue weighted by Crippen LogP contribution is -2.07. The Hall–Kier alpha value is -1.04. The maximum Gasteiger partial charge on any atom is 0.419 e. The number of halogens is 3. The number of H-pyrrole nitrogens is 1. The molecule has 0 amide bonds. The number of alkyl halides is 3. The third-order valence-corrected chi connectivity index (χ3v) is 1.31. The Morgan fingerprint density at radius 3 is 2.12 bits per heavy atom. The van der Waals surface area contributed by atoms with Gasteiger partial charge in [-0.25, -0.2) is 0 Å². The zero-order chi connectivity index (χ0) is 13.2. The van der Waals surface area contributed by atoms with Crippen molar-refractivity contribution in [2.24, 2.45) is 0 Å². The quantitative estimate of drug-likeness (QED) is 0.857. The fraction of sp³-hybridized carbons (Fsp3) is 0.700. The van der Waals surface area contributed by atoms with Gasteiger partial charge in [0.25, 0.3) is 0 Å². The molecular weight excluding hydrogens is 221 g/mol. The Morgan fingerprint density at radius 1 is 1.25 bits per heavy atom. The van der Waals surface area contributed by atoms with E-state index in [2.05, 4.69) is 14.9 Å². The number of rotatable bonds is 2. The number of methoxy groups -OCH3 is 1. The lowest BCUT2D eigenvalue weighted by molar-refractivity contribution is -0.138. The average Bonchev–Trinajstić information content (AvgIpc) is 2.72. The molecule has 16 heavy (non-hydrogen) atoms. The van der Waals surface area contributed by atoms with Gasteiger partial charge in [-0.2, -0.15) is 18.3 Å².